The molecule has 6 nitrogen and oxygen atoms in total. The van der Waals surface area contributed by atoms with Crippen molar-refractivity contribution >= 4 is 40.2 Å². The van der Waals surface area contributed by atoms with Gasteiger partial charge >= 0.3 is 5.97 Å². The molecular formula is C22H20ClFN2O4S. The fourth-order valence-electron chi connectivity index (χ4n) is 3.49. The van der Waals surface area contributed by atoms with Gasteiger partial charge in [0.2, 0.25) is 0 Å². The van der Waals surface area contributed by atoms with E-state index in [9.17, 15) is 14.0 Å². The zero-order valence-electron chi connectivity index (χ0n) is 16.8. The number of rotatable bonds is 6. The number of thioether (sulfide) groups is 1. The van der Waals surface area contributed by atoms with E-state index in [1.807, 2.05) is 0 Å². The number of carbonyl (C=O) groups excluding carboxylic acids is 1. The summed E-state index contributed by atoms with van der Waals surface area (Å²) in [5.74, 6) is -0.507. The number of esters is 1. The van der Waals surface area contributed by atoms with Crippen LogP contribution in [-0.2, 0) is 21.8 Å². The zero-order valence-corrected chi connectivity index (χ0v) is 18.3. The predicted molar refractivity (Wildman–Crippen MR) is 117 cm³/mol. The molecule has 9 heteroatoms. The summed E-state index contributed by atoms with van der Waals surface area (Å²) in [5, 5.41) is 1.21. The van der Waals surface area contributed by atoms with Crippen molar-refractivity contribution in [3.05, 3.63) is 68.7 Å². The summed E-state index contributed by atoms with van der Waals surface area (Å²) in [6.07, 6.45) is 1.77. The molecule has 1 aliphatic heterocycles. The van der Waals surface area contributed by atoms with Gasteiger partial charge in [-0.05, 0) is 48.7 Å². The van der Waals surface area contributed by atoms with Crippen molar-refractivity contribution in [1.29, 1.82) is 0 Å². The van der Waals surface area contributed by atoms with Crippen molar-refractivity contribution in [2.45, 2.75) is 36.4 Å². The summed E-state index contributed by atoms with van der Waals surface area (Å²) in [6.45, 7) is 1.07. The molecule has 0 radical (unpaired) electrons. The Morgan fingerprint density at radius 3 is 2.90 bits per heavy atom. The first-order chi connectivity index (χ1) is 15.0. The second kappa shape index (κ2) is 9.38. The first-order valence-electron chi connectivity index (χ1n) is 9.77. The average Bonchev–Trinajstić information content (AvgIpc) is 3.28. The summed E-state index contributed by atoms with van der Waals surface area (Å²) < 4.78 is 25.5. The number of benzene rings is 2. The number of aromatic nitrogens is 2. The van der Waals surface area contributed by atoms with Gasteiger partial charge in [0.05, 0.1) is 36.2 Å². The Morgan fingerprint density at radius 2 is 2.19 bits per heavy atom. The Bertz CT molecular complexity index is 1190. The van der Waals surface area contributed by atoms with Crippen LogP contribution in [0.15, 0.2) is 46.3 Å². The fourth-order valence-corrected chi connectivity index (χ4v) is 4.82. The topological polar surface area (TPSA) is 70.4 Å². The van der Waals surface area contributed by atoms with Crippen LogP contribution in [0.25, 0.3) is 10.9 Å². The van der Waals surface area contributed by atoms with E-state index < -0.39 is 11.8 Å². The summed E-state index contributed by atoms with van der Waals surface area (Å²) in [7, 11) is 1.30. The van der Waals surface area contributed by atoms with E-state index in [-0.39, 0.29) is 11.7 Å². The molecule has 1 aromatic heterocycles. The Kier molecular flexibility index (Phi) is 6.60. The Balaban J connectivity index is 1.74. The minimum Gasteiger partial charge on any atom is -0.465 e. The number of carbonyl (C=O) groups is 1. The smallest absolute Gasteiger partial charge is 0.337 e. The van der Waals surface area contributed by atoms with Crippen LogP contribution < -0.4 is 5.56 Å². The lowest BCUT2D eigenvalue weighted by atomic mass is 10.1. The third-order valence-corrected chi connectivity index (χ3v) is 6.50. The van der Waals surface area contributed by atoms with Crippen molar-refractivity contribution < 1.29 is 18.7 Å². The molecule has 31 heavy (non-hydrogen) atoms. The first kappa shape index (κ1) is 21.8. The molecule has 0 bridgehead atoms. The molecule has 0 spiro atoms. The molecule has 162 valence electrons. The van der Waals surface area contributed by atoms with Gasteiger partial charge in [-0.15, -0.1) is 0 Å². The predicted octanol–water partition coefficient (Wildman–Crippen LogP) is 4.45. The van der Waals surface area contributed by atoms with Crippen molar-refractivity contribution in [2.24, 2.45) is 0 Å². The number of hydrogen-bond acceptors (Lipinski definition) is 6. The number of ether oxygens (including phenoxy) is 2. The number of nitrogens with zero attached hydrogens (tertiary/aromatic N) is 2. The summed E-state index contributed by atoms with van der Waals surface area (Å²) >= 11 is 7.48. The normalized spacial score (nSPS) is 16.0. The summed E-state index contributed by atoms with van der Waals surface area (Å²) in [6, 6.07) is 8.91. The zero-order chi connectivity index (χ0) is 22.0. The lowest BCUT2D eigenvalue weighted by Crippen LogP contribution is -2.29. The fraction of sp³-hybridized carbons (Fsp3) is 0.318. The Hall–Kier alpha value is -2.42. The van der Waals surface area contributed by atoms with E-state index in [0.29, 0.717) is 45.5 Å². The van der Waals surface area contributed by atoms with E-state index in [0.717, 1.165) is 18.4 Å². The van der Waals surface area contributed by atoms with Crippen LogP contribution in [0, 0.1) is 5.82 Å². The summed E-state index contributed by atoms with van der Waals surface area (Å²) in [4.78, 5) is 29.8. The average molecular weight is 463 g/mol. The van der Waals surface area contributed by atoms with Gasteiger partial charge in [0.1, 0.15) is 5.82 Å². The van der Waals surface area contributed by atoms with Crippen LogP contribution in [0.2, 0.25) is 5.02 Å². The maximum absolute atomic E-state index is 13.4. The molecule has 0 unspecified atom stereocenters. The lowest BCUT2D eigenvalue weighted by molar-refractivity contribution is 0.0601. The molecule has 1 atom stereocenters. The molecule has 0 saturated carbocycles. The molecule has 1 saturated heterocycles. The van der Waals surface area contributed by atoms with Crippen LogP contribution >= 0.6 is 23.4 Å². The van der Waals surface area contributed by atoms with Crippen LogP contribution in [0.5, 0.6) is 0 Å². The maximum Gasteiger partial charge on any atom is 0.337 e. The van der Waals surface area contributed by atoms with Gasteiger partial charge in [0.25, 0.3) is 5.56 Å². The van der Waals surface area contributed by atoms with Crippen molar-refractivity contribution in [2.75, 3.05) is 13.7 Å². The minimum atomic E-state index is -0.500. The molecule has 2 aromatic carbocycles. The maximum atomic E-state index is 13.4. The van der Waals surface area contributed by atoms with E-state index in [2.05, 4.69) is 4.98 Å². The first-order valence-corrected chi connectivity index (χ1v) is 11.1. The second-order valence-corrected chi connectivity index (χ2v) is 8.54. The number of halogens is 2. The van der Waals surface area contributed by atoms with Gasteiger partial charge in [0.15, 0.2) is 5.16 Å². The van der Waals surface area contributed by atoms with Gasteiger partial charge in [-0.3, -0.25) is 9.36 Å². The van der Waals surface area contributed by atoms with Gasteiger partial charge in [-0.1, -0.05) is 29.4 Å². The standard InChI is InChI=1S/C22H20ClFN2O4S/c1-29-21(28)13-5-7-17-19(9-13)25-22(26(20(17)27)11-16-3-2-8-30-16)31-12-14-4-6-15(24)10-18(14)23/h4-7,9-10,16H,2-3,8,11-12H2,1H3/t16-/m1/s1. The van der Waals surface area contributed by atoms with E-state index in [4.69, 9.17) is 21.1 Å². The van der Waals surface area contributed by atoms with E-state index >= 15 is 0 Å². The van der Waals surface area contributed by atoms with E-state index in [1.54, 1.807) is 28.8 Å². The van der Waals surface area contributed by atoms with Crippen LogP contribution in [-0.4, -0.2) is 35.3 Å². The summed E-state index contributed by atoms with van der Waals surface area (Å²) in [5.41, 5.74) is 1.25. The molecule has 1 aliphatic rings. The second-order valence-electron chi connectivity index (χ2n) is 7.19. The van der Waals surface area contributed by atoms with Crippen LogP contribution in [0.4, 0.5) is 4.39 Å². The van der Waals surface area contributed by atoms with Crippen molar-refractivity contribution in [3.8, 4) is 0 Å². The molecule has 0 amide bonds. The molecule has 0 aliphatic carbocycles. The number of hydrogen-bond donors (Lipinski definition) is 0. The highest BCUT2D eigenvalue weighted by Gasteiger charge is 2.21. The van der Waals surface area contributed by atoms with Crippen molar-refractivity contribution in [3.63, 3.8) is 0 Å². The SMILES string of the molecule is COC(=O)c1ccc2c(=O)n(C[C@H]3CCCO3)c(SCc3ccc(F)cc3Cl)nc2c1. The van der Waals surface area contributed by atoms with Crippen molar-refractivity contribution in [1.82, 2.24) is 9.55 Å². The highest BCUT2D eigenvalue weighted by molar-refractivity contribution is 7.98. The van der Waals surface area contributed by atoms with E-state index in [1.165, 1.54) is 31.0 Å². The largest absolute Gasteiger partial charge is 0.465 e. The lowest BCUT2D eigenvalue weighted by Gasteiger charge is -2.17. The number of methoxy groups -OCH3 is 1. The van der Waals surface area contributed by atoms with Crippen LogP contribution in [0.3, 0.4) is 0 Å². The Morgan fingerprint density at radius 1 is 1.35 bits per heavy atom. The van der Waals surface area contributed by atoms with Gasteiger partial charge in [-0.25, -0.2) is 14.2 Å². The highest BCUT2D eigenvalue weighted by Crippen LogP contribution is 2.28. The molecule has 1 fully saturated rings. The van der Waals surface area contributed by atoms with Gasteiger partial charge in [0, 0.05) is 17.4 Å². The number of fused-ring (bicyclic) bond motifs is 1. The molecular weight excluding hydrogens is 443 g/mol. The third-order valence-electron chi connectivity index (χ3n) is 5.12. The minimum absolute atomic E-state index is 0.0555. The van der Waals surface area contributed by atoms with Crippen LogP contribution in [0.1, 0.15) is 28.8 Å². The van der Waals surface area contributed by atoms with Gasteiger partial charge < -0.3 is 9.47 Å². The molecule has 3 aromatic rings. The quantitative estimate of drug-likeness (QED) is 0.306. The molecule has 2 heterocycles. The monoisotopic (exact) mass is 462 g/mol. The molecule has 4 rings (SSSR count). The highest BCUT2D eigenvalue weighted by atomic mass is 35.5. The van der Waals surface area contributed by atoms with Gasteiger partial charge in [-0.2, -0.15) is 0 Å². The third kappa shape index (κ3) is 4.76. The Labute approximate surface area is 187 Å². The molecule has 0 N–H and O–H groups in total.